The molecule has 154 valence electrons. The molecule has 0 fully saturated rings. The number of ether oxygens (including phenoxy) is 4. The van der Waals surface area contributed by atoms with Gasteiger partial charge in [-0.2, -0.15) is 0 Å². The highest BCUT2D eigenvalue weighted by molar-refractivity contribution is 5.86. The van der Waals surface area contributed by atoms with Gasteiger partial charge in [0.1, 0.15) is 5.60 Å². The number of nitrogens with one attached hydrogen (secondary N) is 1. The molecule has 1 amide bonds. The zero-order valence-electron chi connectivity index (χ0n) is 17.7. The van der Waals surface area contributed by atoms with Gasteiger partial charge in [-0.05, 0) is 40.3 Å². The molecule has 1 aromatic rings. The van der Waals surface area contributed by atoms with Crippen LogP contribution >= 0.6 is 0 Å². The maximum atomic E-state index is 12.0. The molecule has 0 aliphatic heterocycles. The Morgan fingerprint density at radius 2 is 1.63 bits per heavy atom. The van der Waals surface area contributed by atoms with Crippen molar-refractivity contribution in [2.24, 2.45) is 0 Å². The summed E-state index contributed by atoms with van der Waals surface area (Å²) < 4.78 is 22.0. The van der Waals surface area contributed by atoms with Crippen LogP contribution in [0.1, 0.15) is 41.0 Å². The Morgan fingerprint density at radius 1 is 1.07 bits per heavy atom. The number of carbonyl (C=O) groups excluding carboxylic acids is 1. The molecular weight excluding hydrogens is 348 g/mol. The van der Waals surface area contributed by atoms with Crippen molar-refractivity contribution in [1.82, 2.24) is 4.90 Å². The van der Waals surface area contributed by atoms with Gasteiger partial charge in [0.2, 0.25) is 5.75 Å². The van der Waals surface area contributed by atoms with E-state index in [9.17, 15) is 4.79 Å². The Kier molecular flexibility index (Phi) is 9.21. The fourth-order valence-corrected chi connectivity index (χ4v) is 2.52. The smallest absolute Gasteiger partial charge is 0.412 e. The zero-order chi connectivity index (χ0) is 20.4. The Bertz CT molecular complexity index is 570. The van der Waals surface area contributed by atoms with E-state index in [1.54, 1.807) is 26.4 Å². The fraction of sp³-hybridized carbons (Fsp3) is 0.650. The van der Waals surface area contributed by atoms with Crippen LogP contribution in [0.4, 0.5) is 10.5 Å². The van der Waals surface area contributed by atoms with Crippen molar-refractivity contribution >= 4 is 11.8 Å². The molecule has 0 spiro atoms. The molecule has 0 atom stereocenters. The molecule has 1 N–H and O–H groups in total. The fourth-order valence-electron chi connectivity index (χ4n) is 2.52. The largest absolute Gasteiger partial charge is 0.493 e. The van der Waals surface area contributed by atoms with Crippen molar-refractivity contribution in [2.75, 3.05) is 45.8 Å². The Labute approximate surface area is 162 Å². The van der Waals surface area contributed by atoms with E-state index in [2.05, 4.69) is 24.1 Å². The van der Waals surface area contributed by atoms with Gasteiger partial charge in [0.15, 0.2) is 11.5 Å². The lowest BCUT2D eigenvalue weighted by Gasteiger charge is -2.21. The summed E-state index contributed by atoms with van der Waals surface area (Å²) in [6, 6.07) is 3.37. The average Bonchev–Trinajstić information content (AvgIpc) is 2.60. The molecule has 0 bridgehead atoms. The summed E-state index contributed by atoms with van der Waals surface area (Å²) in [6.45, 7) is 13.3. The summed E-state index contributed by atoms with van der Waals surface area (Å²) in [6.07, 6.45) is 0.353. The number of hydrogen-bond acceptors (Lipinski definition) is 6. The minimum atomic E-state index is -0.577. The molecule has 0 unspecified atom stereocenters. The number of carbonyl (C=O) groups is 1. The predicted molar refractivity (Wildman–Crippen MR) is 107 cm³/mol. The van der Waals surface area contributed by atoms with Crippen molar-refractivity contribution in [3.8, 4) is 17.2 Å². The summed E-state index contributed by atoms with van der Waals surface area (Å²) in [5, 5.41) is 2.69. The number of benzene rings is 1. The number of amides is 1. The molecule has 0 aromatic heterocycles. The molecule has 1 rings (SSSR count). The van der Waals surface area contributed by atoms with Gasteiger partial charge in [0, 0.05) is 18.7 Å². The first kappa shape index (κ1) is 22.9. The minimum Gasteiger partial charge on any atom is -0.493 e. The molecule has 0 saturated carbocycles. The van der Waals surface area contributed by atoms with Gasteiger partial charge in [-0.15, -0.1) is 0 Å². The Morgan fingerprint density at radius 3 is 2.07 bits per heavy atom. The van der Waals surface area contributed by atoms with Crippen molar-refractivity contribution in [3.63, 3.8) is 0 Å². The zero-order valence-corrected chi connectivity index (χ0v) is 17.7. The number of anilines is 1. The van der Waals surface area contributed by atoms with Crippen LogP contribution in [0.2, 0.25) is 0 Å². The van der Waals surface area contributed by atoms with Gasteiger partial charge in [0.25, 0.3) is 0 Å². The molecule has 7 nitrogen and oxygen atoms in total. The number of methoxy groups -OCH3 is 2. The molecule has 1 aromatic carbocycles. The summed E-state index contributed by atoms with van der Waals surface area (Å²) in [5.74, 6) is 1.50. The third-order valence-electron chi connectivity index (χ3n) is 3.87. The first-order chi connectivity index (χ1) is 12.7. The van der Waals surface area contributed by atoms with Crippen LogP contribution in [0.3, 0.4) is 0 Å². The SMILES string of the molecule is CCN(CC)CCCOc1c(OC)cc(NC(=O)OC(C)(C)C)cc1OC. The lowest BCUT2D eigenvalue weighted by Crippen LogP contribution is -2.27. The topological polar surface area (TPSA) is 69.3 Å². The lowest BCUT2D eigenvalue weighted by molar-refractivity contribution is 0.0636. The highest BCUT2D eigenvalue weighted by atomic mass is 16.6. The first-order valence-electron chi connectivity index (χ1n) is 9.35. The molecule has 27 heavy (non-hydrogen) atoms. The monoisotopic (exact) mass is 382 g/mol. The van der Waals surface area contributed by atoms with Crippen molar-refractivity contribution in [1.29, 1.82) is 0 Å². The number of nitrogens with zero attached hydrogens (tertiary/aromatic N) is 1. The molecule has 0 heterocycles. The second-order valence-electron chi connectivity index (χ2n) is 7.07. The van der Waals surface area contributed by atoms with Crippen LogP contribution in [-0.2, 0) is 4.74 Å². The van der Waals surface area contributed by atoms with Crippen molar-refractivity contribution in [3.05, 3.63) is 12.1 Å². The minimum absolute atomic E-state index is 0.489. The number of rotatable bonds is 10. The van der Waals surface area contributed by atoms with Crippen LogP contribution in [0.15, 0.2) is 12.1 Å². The van der Waals surface area contributed by atoms with Crippen LogP contribution in [0.25, 0.3) is 0 Å². The number of hydrogen-bond donors (Lipinski definition) is 1. The van der Waals surface area contributed by atoms with Crippen LogP contribution < -0.4 is 19.5 Å². The second-order valence-corrected chi connectivity index (χ2v) is 7.07. The highest BCUT2D eigenvalue weighted by Crippen LogP contribution is 2.40. The van der Waals surface area contributed by atoms with Gasteiger partial charge in [-0.1, -0.05) is 13.8 Å². The van der Waals surface area contributed by atoms with E-state index in [1.165, 1.54) is 0 Å². The first-order valence-corrected chi connectivity index (χ1v) is 9.35. The standard InChI is InChI=1S/C20H34N2O5/c1-8-22(9-2)11-10-12-26-18-16(24-6)13-15(14-17(18)25-7)21-19(23)27-20(3,4)5/h13-14H,8-12H2,1-7H3,(H,21,23). The van der Waals surface area contributed by atoms with E-state index in [4.69, 9.17) is 18.9 Å². The van der Waals surface area contributed by atoms with E-state index >= 15 is 0 Å². The normalized spacial score (nSPS) is 11.3. The van der Waals surface area contributed by atoms with Gasteiger partial charge in [-0.3, -0.25) is 5.32 Å². The Hall–Kier alpha value is -2.15. The maximum Gasteiger partial charge on any atom is 0.412 e. The molecule has 7 heteroatoms. The van der Waals surface area contributed by atoms with Gasteiger partial charge >= 0.3 is 6.09 Å². The summed E-state index contributed by atoms with van der Waals surface area (Å²) in [5.41, 5.74) is -0.0694. The van der Waals surface area contributed by atoms with E-state index in [0.29, 0.717) is 29.5 Å². The van der Waals surface area contributed by atoms with Crippen LogP contribution in [0.5, 0.6) is 17.2 Å². The summed E-state index contributed by atoms with van der Waals surface area (Å²) in [7, 11) is 3.10. The average molecular weight is 383 g/mol. The van der Waals surface area contributed by atoms with Gasteiger partial charge < -0.3 is 23.8 Å². The summed E-state index contributed by atoms with van der Waals surface area (Å²) in [4.78, 5) is 14.3. The van der Waals surface area contributed by atoms with Crippen LogP contribution in [0, 0.1) is 0 Å². The molecule has 0 saturated heterocycles. The highest BCUT2D eigenvalue weighted by Gasteiger charge is 2.19. The molecule has 0 aliphatic rings. The Balaban J connectivity index is 2.83. The van der Waals surface area contributed by atoms with Crippen molar-refractivity contribution in [2.45, 2.75) is 46.6 Å². The maximum absolute atomic E-state index is 12.0. The predicted octanol–water partition coefficient (Wildman–Crippen LogP) is 4.16. The molecule has 0 aliphatic carbocycles. The van der Waals surface area contributed by atoms with Crippen LogP contribution in [-0.4, -0.2) is 57.1 Å². The summed E-state index contributed by atoms with van der Waals surface area (Å²) >= 11 is 0. The van der Waals surface area contributed by atoms with E-state index < -0.39 is 11.7 Å². The molecule has 0 radical (unpaired) electrons. The van der Waals surface area contributed by atoms with E-state index in [-0.39, 0.29) is 0 Å². The van der Waals surface area contributed by atoms with Gasteiger partial charge in [-0.25, -0.2) is 4.79 Å². The molecular formula is C20H34N2O5. The lowest BCUT2D eigenvalue weighted by atomic mass is 10.2. The quantitative estimate of drug-likeness (QED) is 0.613. The van der Waals surface area contributed by atoms with E-state index in [0.717, 1.165) is 26.1 Å². The van der Waals surface area contributed by atoms with E-state index in [1.807, 2.05) is 20.8 Å². The second kappa shape index (κ2) is 10.9. The third kappa shape index (κ3) is 7.95. The van der Waals surface area contributed by atoms with Gasteiger partial charge in [0.05, 0.1) is 26.5 Å². The third-order valence-corrected chi connectivity index (χ3v) is 3.87. The van der Waals surface area contributed by atoms with Crippen molar-refractivity contribution < 1.29 is 23.7 Å².